The van der Waals surface area contributed by atoms with Crippen LogP contribution in [0.4, 0.5) is 4.39 Å². The van der Waals surface area contributed by atoms with Crippen LogP contribution in [-0.2, 0) is 0 Å². The molecule has 1 fully saturated rings. The summed E-state index contributed by atoms with van der Waals surface area (Å²) < 4.78 is 13.7. The van der Waals surface area contributed by atoms with Crippen LogP contribution in [0.3, 0.4) is 0 Å². The van der Waals surface area contributed by atoms with E-state index in [1.807, 2.05) is 12.1 Å². The Morgan fingerprint density at radius 1 is 1.29 bits per heavy atom. The number of rotatable bonds is 3. The van der Waals surface area contributed by atoms with Crippen LogP contribution in [0.2, 0.25) is 0 Å². The number of halogens is 2. The molecule has 1 N–H and O–H groups in total. The van der Waals surface area contributed by atoms with E-state index in [9.17, 15) is 4.39 Å². The van der Waals surface area contributed by atoms with E-state index in [1.54, 1.807) is 0 Å². The van der Waals surface area contributed by atoms with Gasteiger partial charge in [-0.1, -0.05) is 25.3 Å². The molecule has 0 aliphatic heterocycles. The van der Waals surface area contributed by atoms with Crippen molar-refractivity contribution in [1.29, 1.82) is 0 Å². The molecular weight excluding hydrogens is 281 g/mol. The second-order valence-electron chi connectivity index (χ2n) is 4.90. The lowest BCUT2D eigenvalue weighted by atomic mass is 9.94. The van der Waals surface area contributed by atoms with Gasteiger partial charge in [-0.15, -0.1) is 0 Å². The summed E-state index contributed by atoms with van der Waals surface area (Å²) in [5.74, 6) is -0.196. The molecule has 2 rings (SSSR count). The highest BCUT2D eigenvalue weighted by Crippen LogP contribution is 2.24. The molecule has 1 atom stereocenters. The van der Waals surface area contributed by atoms with E-state index in [-0.39, 0.29) is 11.9 Å². The Hall–Kier alpha value is -0.410. The molecule has 0 bridgehead atoms. The van der Waals surface area contributed by atoms with Crippen LogP contribution >= 0.6 is 15.9 Å². The van der Waals surface area contributed by atoms with E-state index in [0.717, 1.165) is 5.56 Å². The van der Waals surface area contributed by atoms with Crippen molar-refractivity contribution in [3.8, 4) is 0 Å². The predicted molar refractivity (Wildman–Crippen MR) is 72.5 cm³/mol. The van der Waals surface area contributed by atoms with E-state index in [1.165, 1.54) is 38.2 Å². The Morgan fingerprint density at radius 2 is 2.00 bits per heavy atom. The highest BCUT2D eigenvalue weighted by atomic mass is 79.9. The van der Waals surface area contributed by atoms with Crippen LogP contribution in [-0.4, -0.2) is 6.04 Å². The van der Waals surface area contributed by atoms with E-state index < -0.39 is 0 Å². The van der Waals surface area contributed by atoms with Crippen molar-refractivity contribution in [1.82, 2.24) is 5.32 Å². The monoisotopic (exact) mass is 299 g/mol. The molecule has 1 aromatic carbocycles. The average Bonchev–Trinajstić information content (AvgIpc) is 2.34. The van der Waals surface area contributed by atoms with Gasteiger partial charge in [-0.25, -0.2) is 4.39 Å². The van der Waals surface area contributed by atoms with Crippen molar-refractivity contribution in [2.75, 3.05) is 0 Å². The second kappa shape index (κ2) is 5.96. The molecule has 0 saturated heterocycles. The van der Waals surface area contributed by atoms with Crippen molar-refractivity contribution in [3.63, 3.8) is 0 Å². The highest BCUT2D eigenvalue weighted by molar-refractivity contribution is 9.10. The molecule has 0 amide bonds. The first-order valence-corrected chi connectivity index (χ1v) is 7.17. The highest BCUT2D eigenvalue weighted by Gasteiger charge is 2.16. The third-order valence-corrected chi connectivity index (χ3v) is 4.14. The maximum absolute atomic E-state index is 13.2. The maximum Gasteiger partial charge on any atom is 0.137 e. The molecule has 1 saturated carbocycles. The summed E-state index contributed by atoms with van der Waals surface area (Å²) in [4.78, 5) is 0. The van der Waals surface area contributed by atoms with Gasteiger partial charge in [0, 0.05) is 12.1 Å². The van der Waals surface area contributed by atoms with Crippen molar-refractivity contribution in [2.24, 2.45) is 0 Å². The van der Waals surface area contributed by atoms with Crippen LogP contribution in [0.15, 0.2) is 22.7 Å². The fourth-order valence-corrected chi connectivity index (χ4v) is 2.90. The van der Waals surface area contributed by atoms with Gasteiger partial charge < -0.3 is 5.32 Å². The summed E-state index contributed by atoms with van der Waals surface area (Å²) in [7, 11) is 0. The summed E-state index contributed by atoms with van der Waals surface area (Å²) in [6.07, 6.45) is 6.57. The molecule has 1 aliphatic carbocycles. The minimum Gasteiger partial charge on any atom is -0.307 e. The van der Waals surface area contributed by atoms with Gasteiger partial charge in [-0.05, 0) is 53.4 Å². The third kappa shape index (κ3) is 3.52. The Balaban J connectivity index is 1.98. The normalized spacial score (nSPS) is 19.2. The van der Waals surface area contributed by atoms with Gasteiger partial charge >= 0.3 is 0 Å². The molecule has 0 aromatic heterocycles. The van der Waals surface area contributed by atoms with E-state index in [2.05, 4.69) is 28.2 Å². The Kier molecular flexibility index (Phi) is 4.57. The Morgan fingerprint density at radius 3 is 2.65 bits per heavy atom. The van der Waals surface area contributed by atoms with Crippen LogP contribution in [0.25, 0.3) is 0 Å². The van der Waals surface area contributed by atoms with Gasteiger partial charge in [0.1, 0.15) is 5.82 Å². The summed E-state index contributed by atoms with van der Waals surface area (Å²) in [5.41, 5.74) is 1.14. The first-order chi connectivity index (χ1) is 8.16. The molecule has 0 radical (unpaired) electrons. The number of hydrogen-bond acceptors (Lipinski definition) is 1. The maximum atomic E-state index is 13.2. The lowest BCUT2D eigenvalue weighted by molar-refractivity contribution is 0.347. The predicted octanol–water partition coefficient (Wildman–Crippen LogP) is 4.57. The Labute approximate surface area is 111 Å². The SMILES string of the molecule is CC(NC1CCCCC1)c1ccc(F)c(Br)c1. The summed E-state index contributed by atoms with van der Waals surface area (Å²) in [5, 5.41) is 3.64. The minimum atomic E-state index is -0.196. The second-order valence-corrected chi connectivity index (χ2v) is 5.75. The molecular formula is C14H19BrFN. The Bertz CT molecular complexity index is 374. The van der Waals surface area contributed by atoms with Crippen molar-refractivity contribution < 1.29 is 4.39 Å². The van der Waals surface area contributed by atoms with Gasteiger partial charge in [0.25, 0.3) is 0 Å². The molecule has 94 valence electrons. The van der Waals surface area contributed by atoms with Crippen molar-refractivity contribution in [2.45, 2.75) is 51.1 Å². The lowest BCUT2D eigenvalue weighted by Gasteiger charge is -2.27. The van der Waals surface area contributed by atoms with Gasteiger partial charge in [0.05, 0.1) is 4.47 Å². The molecule has 1 unspecified atom stereocenters. The molecule has 17 heavy (non-hydrogen) atoms. The van der Waals surface area contributed by atoms with E-state index in [4.69, 9.17) is 0 Å². The third-order valence-electron chi connectivity index (χ3n) is 3.53. The van der Waals surface area contributed by atoms with Gasteiger partial charge in [0.2, 0.25) is 0 Å². The van der Waals surface area contributed by atoms with E-state index >= 15 is 0 Å². The number of benzene rings is 1. The van der Waals surface area contributed by atoms with Gasteiger partial charge in [-0.3, -0.25) is 0 Å². The molecule has 1 aliphatic rings. The molecule has 0 heterocycles. The topological polar surface area (TPSA) is 12.0 Å². The molecule has 0 spiro atoms. The van der Waals surface area contributed by atoms with Crippen LogP contribution in [0, 0.1) is 5.82 Å². The molecule has 1 nitrogen and oxygen atoms in total. The van der Waals surface area contributed by atoms with Crippen LogP contribution in [0.1, 0.15) is 50.6 Å². The molecule has 3 heteroatoms. The minimum absolute atomic E-state index is 0.196. The fourth-order valence-electron chi connectivity index (χ4n) is 2.50. The zero-order valence-electron chi connectivity index (χ0n) is 10.2. The standard InChI is InChI=1S/C14H19BrFN/c1-10(17-12-5-3-2-4-6-12)11-7-8-14(16)13(15)9-11/h7-10,12,17H,2-6H2,1H3. The largest absolute Gasteiger partial charge is 0.307 e. The summed E-state index contributed by atoms with van der Waals surface area (Å²) >= 11 is 3.24. The van der Waals surface area contributed by atoms with Crippen molar-refractivity contribution in [3.05, 3.63) is 34.1 Å². The quantitative estimate of drug-likeness (QED) is 0.862. The summed E-state index contributed by atoms with van der Waals surface area (Å²) in [6, 6.07) is 6.17. The van der Waals surface area contributed by atoms with Gasteiger partial charge in [-0.2, -0.15) is 0 Å². The zero-order chi connectivity index (χ0) is 12.3. The first kappa shape index (κ1) is 13.0. The van der Waals surface area contributed by atoms with Crippen LogP contribution in [0.5, 0.6) is 0 Å². The smallest absolute Gasteiger partial charge is 0.137 e. The zero-order valence-corrected chi connectivity index (χ0v) is 11.8. The van der Waals surface area contributed by atoms with Gasteiger partial charge in [0.15, 0.2) is 0 Å². The van der Waals surface area contributed by atoms with Crippen LogP contribution < -0.4 is 5.32 Å². The molecule has 1 aromatic rings. The summed E-state index contributed by atoms with van der Waals surface area (Å²) in [6.45, 7) is 2.15. The number of hydrogen-bond donors (Lipinski definition) is 1. The first-order valence-electron chi connectivity index (χ1n) is 6.38. The fraction of sp³-hybridized carbons (Fsp3) is 0.571. The average molecular weight is 300 g/mol. The lowest BCUT2D eigenvalue weighted by Crippen LogP contribution is -2.33. The van der Waals surface area contributed by atoms with E-state index in [0.29, 0.717) is 10.5 Å². The van der Waals surface area contributed by atoms with Crippen molar-refractivity contribution >= 4 is 15.9 Å². The number of nitrogens with one attached hydrogen (secondary N) is 1.